The Bertz CT molecular complexity index is 1170. The molecule has 2 aromatic carbocycles. The number of benzene rings is 2. The fourth-order valence-electron chi connectivity index (χ4n) is 4.41. The van der Waals surface area contributed by atoms with Crippen molar-refractivity contribution in [1.29, 1.82) is 0 Å². The van der Waals surface area contributed by atoms with Crippen LogP contribution in [-0.2, 0) is 6.54 Å². The third kappa shape index (κ3) is 2.48. The van der Waals surface area contributed by atoms with E-state index in [4.69, 9.17) is 14.5 Å². The minimum atomic E-state index is 0.288. The Hall–Kier alpha value is -2.99. The zero-order valence-electron chi connectivity index (χ0n) is 15.7. The summed E-state index contributed by atoms with van der Waals surface area (Å²) in [7, 11) is 0. The van der Waals surface area contributed by atoms with Gasteiger partial charge < -0.3 is 18.9 Å². The first-order valence-corrected chi connectivity index (χ1v) is 9.95. The normalized spacial score (nSPS) is 16.6. The molecule has 0 N–H and O–H groups in total. The molecular formula is C22H22N4O2. The molecule has 2 aromatic heterocycles. The molecule has 142 valence electrons. The largest absolute Gasteiger partial charge is 0.454 e. The number of hydrogen-bond acceptors (Lipinski definition) is 4. The zero-order chi connectivity index (χ0) is 18.5. The number of fused-ring (bicyclic) bond motifs is 4. The van der Waals surface area contributed by atoms with Crippen LogP contribution < -0.4 is 9.47 Å². The smallest absolute Gasteiger partial charge is 0.231 e. The minimum Gasteiger partial charge on any atom is -0.454 e. The molecule has 0 saturated carbocycles. The second-order valence-electron chi connectivity index (χ2n) is 7.55. The molecule has 1 fully saturated rings. The van der Waals surface area contributed by atoms with Crippen LogP contribution in [0.4, 0.5) is 0 Å². The summed E-state index contributed by atoms with van der Waals surface area (Å²) in [6.45, 7) is 4.74. The summed E-state index contributed by atoms with van der Waals surface area (Å²) in [5.41, 5.74) is 4.43. The standard InChI is InChI=1S/C22H22N4O2/c1-2-6-19-18(5-1)25(12-11-24-9-3-4-10-24)22-23-17(14-26(19)22)16-7-8-20-21(13-16)28-15-27-20/h1-2,5-8,13-14H,3-4,9-12,15H2. The summed E-state index contributed by atoms with van der Waals surface area (Å²) >= 11 is 0. The SMILES string of the molecule is c1ccc2c(c1)n(CCN1CCCC1)c1nc(-c3ccc4c(c3)OCO4)cn21. The van der Waals surface area contributed by atoms with Crippen LogP contribution in [0.5, 0.6) is 11.5 Å². The molecule has 2 aliphatic heterocycles. The van der Waals surface area contributed by atoms with Crippen LogP contribution in [0.15, 0.2) is 48.7 Å². The summed E-state index contributed by atoms with van der Waals surface area (Å²) < 4.78 is 15.5. The van der Waals surface area contributed by atoms with Gasteiger partial charge in [-0.15, -0.1) is 0 Å². The second kappa shape index (κ2) is 6.27. The molecule has 4 heterocycles. The summed E-state index contributed by atoms with van der Waals surface area (Å²) in [6.07, 6.45) is 4.76. The summed E-state index contributed by atoms with van der Waals surface area (Å²) in [4.78, 5) is 7.55. The van der Waals surface area contributed by atoms with Gasteiger partial charge in [-0.1, -0.05) is 12.1 Å². The van der Waals surface area contributed by atoms with Crippen LogP contribution in [-0.4, -0.2) is 45.3 Å². The Kier molecular flexibility index (Phi) is 3.59. The van der Waals surface area contributed by atoms with E-state index in [1.807, 2.05) is 18.2 Å². The fourth-order valence-corrected chi connectivity index (χ4v) is 4.41. The third-order valence-corrected chi connectivity index (χ3v) is 5.87. The van der Waals surface area contributed by atoms with E-state index in [2.05, 4.69) is 44.3 Å². The number of aromatic nitrogens is 3. The van der Waals surface area contributed by atoms with Crippen LogP contribution in [0, 0.1) is 0 Å². The predicted molar refractivity (Wildman–Crippen MR) is 108 cm³/mol. The van der Waals surface area contributed by atoms with Crippen LogP contribution in [0.25, 0.3) is 28.1 Å². The molecular weight excluding hydrogens is 352 g/mol. The van der Waals surface area contributed by atoms with Gasteiger partial charge in [-0.2, -0.15) is 0 Å². The molecule has 0 unspecified atom stereocenters. The maximum Gasteiger partial charge on any atom is 0.231 e. The van der Waals surface area contributed by atoms with Gasteiger partial charge >= 0.3 is 0 Å². The van der Waals surface area contributed by atoms with Gasteiger partial charge in [-0.05, 0) is 56.3 Å². The van der Waals surface area contributed by atoms with Crippen molar-refractivity contribution in [2.24, 2.45) is 0 Å². The Balaban J connectivity index is 1.44. The average Bonchev–Trinajstić information content (AvgIpc) is 3.49. The topological polar surface area (TPSA) is 43.9 Å². The average molecular weight is 374 g/mol. The van der Waals surface area contributed by atoms with Gasteiger partial charge in [0.05, 0.1) is 16.7 Å². The van der Waals surface area contributed by atoms with E-state index in [0.717, 1.165) is 41.6 Å². The molecule has 6 nitrogen and oxygen atoms in total. The second-order valence-corrected chi connectivity index (χ2v) is 7.55. The van der Waals surface area contributed by atoms with Crippen molar-refractivity contribution in [3.8, 4) is 22.8 Å². The number of rotatable bonds is 4. The molecule has 1 saturated heterocycles. The third-order valence-electron chi connectivity index (χ3n) is 5.87. The number of likely N-dealkylation sites (tertiary alicyclic amines) is 1. The van der Waals surface area contributed by atoms with Crippen LogP contribution in [0.2, 0.25) is 0 Å². The van der Waals surface area contributed by atoms with Crippen LogP contribution in [0.3, 0.4) is 0 Å². The quantitative estimate of drug-likeness (QED) is 0.545. The van der Waals surface area contributed by atoms with Crippen molar-refractivity contribution in [2.45, 2.75) is 19.4 Å². The minimum absolute atomic E-state index is 0.288. The highest BCUT2D eigenvalue weighted by Gasteiger charge is 2.19. The summed E-state index contributed by atoms with van der Waals surface area (Å²) in [5, 5.41) is 0. The predicted octanol–water partition coefficient (Wildman–Crippen LogP) is 3.78. The summed E-state index contributed by atoms with van der Waals surface area (Å²) in [5.74, 6) is 2.58. The van der Waals surface area contributed by atoms with Gasteiger partial charge in [0.1, 0.15) is 0 Å². The first kappa shape index (κ1) is 16.0. The molecule has 0 radical (unpaired) electrons. The lowest BCUT2D eigenvalue weighted by Crippen LogP contribution is -2.24. The van der Waals surface area contributed by atoms with Crippen molar-refractivity contribution in [3.05, 3.63) is 48.7 Å². The summed E-state index contributed by atoms with van der Waals surface area (Å²) in [6, 6.07) is 14.6. The fraction of sp³-hybridized carbons (Fsp3) is 0.318. The van der Waals surface area contributed by atoms with Crippen LogP contribution in [0.1, 0.15) is 12.8 Å². The van der Waals surface area contributed by atoms with Gasteiger partial charge in [0.2, 0.25) is 12.6 Å². The van der Waals surface area contributed by atoms with E-state index in [-0.39, 0.29) is 6.79 Å². The van der Waals surface area contributed by atoms with E-state index < -0.39 is 0 Å². The number of imidazole rings is 2. The molecule has 6 heteroatoms. The van der Waals surface area contributed by atoms with Crippen molar-refractivity contribution in [1.82, 2.24) is 18.9 Å². The number of hydrogen-bond donors (Lipinski definition) is 0. The van der Waals surface area contributed by atoms with Gasteiger partial charge in [0.25, 0.3) is 0 Å². The number of nitrogens with zero attached hydrogens (tertiary/aromatic N) is 4. The van der Waals surface area contributed by atoms with Crippen LogP contribution >= 0.6 is 0 Å². The van der Waals surface area contributed by atoms with Gasteiger partial charge in [0.15, 0.2) is 11.5 Å². The molecule has 4 aromatic rings. The van der Waals surface area contributed by atoms with Crippen molar-refractivity contribution < 1.29 is 9.47 Å². The Morgan fingerprint density at radius 1 is 0.893 bits per heavy atom. The first-order chi connectivity index (χ1) is 13.9. The molecule has 0 amide bonds. The molecule has 0 spiro atoms. The van der Waals surface area contributed by atoms with E-state index in [9.17, 15) is 0 Å². The molecule has 0 bridgehead atoms. The highest BCUT2D eigenvalue weighted by atomic mass is 16.7. The lowest BCUT2D eigenvalue weighted by Gasteiger charge is -2.15. The molecule has 28 heavy (non-hydrogen) atoms. The Morgan fingerprint density at radius 3 is 2.61 bits per heavy atom. The van der Waals surface area contributed by atoms with Crippen molar-refractivity contribution in [2.75, 3.05) is 26.4 Å². The van der Waals surface area contributed by atoms with Gasteiger partial charge in [-0.3, -0.25) is 4.40 Å². The van der Waals surface area contributed by atoms with Crippen molar-refractivity contribution in [3.63, 3.8) is 0 Å². The highest BCUT2D eigenvalue weighted by molar-refractivity contribution is 5.82. The molecule has 6 rings (SSSR count). The molecule has 2 aliphatic rings. The lowest BCUT2D eigenvalue weighted by molar-refractivity contribution is 0.174. The lowest BCUT2D eigenvalue weighted by atomic mass is 10.1. The van der Waals surface area contributed by atoms with E-state index in [1.54, 1.807) is 0 Å². The zero-order valence-corrected chi connectivity index (χ0v) is 15.7. The monoisotopic (exact) mass is 374 g/mol. The van der Waals surface area contributed by atoms with E-state index in [0.29, 0.717) is 0 Å². The number of ether oxygens (including phenoxy) is 2. The van der Waals surface area contributed by atoms with E-state index in [1.165, 1.54) is 37.0 Å². The Morgan fingerprint density at radius 2 is 1.71 bits per heavy atom. The van der Waals surface area contributed by atoms with Crippen molar-refractivity contribution >= 4 is 16.8 Å². The molecule has 0 atom stereocenters. The Labute approximate surface area is 162 Å². The first-order valence-electron chi connectivity index (χ1n) is 9.95. The van der Waals surface area contributed by atoms with Gasteiger partial charge in [-0.25, -0.2) is 4.98 Å². The molecule has 0 aliphatic carbocycles. The maximum atomic E-state index is 5.54. The van der Waals surface area contributed by atoms with E-state index >= 15 is 0 Å². The highest BCUT2D eigenvalue weighted by Crippen LogP contribution is 2.36. The number of para-hydroxylation sites is 2. The van der Waals surface area contributed by atoms with Gasteiger partial charge in [0, 0.05) is 24.8 Å². The maximum absolute atomic E-state index is 5.54.